The summed E-state index contributed by atoms with van der Waals surface area (Å²) in [6.07, 6.45) is 2.23. The summed E-state index contributed by atoms with van der Waals surface area (Å²) < 4.78 is 5.60. The van der Waals surface area contributed by atoms with Gasteiger partial charge in [-0.25, -0.2) is 4.79 Å². The van der Waals surface area contributed by atoms with Crippen LogP contribution in [-0.2, 0) is 9.53 Å². The number of rotatable bonds is 4. The standard InChI is InChI=1S/C12H13BrClNO2/c1-17-12(16)11(15-8-3-4-8)7-2-5-10(14)9(13)6-7/h2,5-6,8,11,15H,3-4H2,1H3. The van der Waals surface area contributed by atoms with Gasteiger partial charge in [0, 0.05) is 10.5 Å². The highest BCUT2D eigenvalue weighted by Crippen LogP contribution is 2.29. The highest BCUT2D eigenvalue weighted by molar-refractivity contribution is 9.10. The van der Waals surface area contributed by atoms with E-state index in [1.807, 2.05) is 12.1 Å². The summed E-state index contributed by atoms with van der Waals surface area (Å²) in [6.45, 7) is 0. The van der Waals surface area contributed by atoms with Gasteiger partial charge < -0.3 is 4.74 Å². The van der Waals surface area contributed by atoms with Gasteiger partial charge in [-0.3, -0.25) is 5.32 Å². The molecule has 1 N–H and O–H groups in total. The number of carbonyl (C=O) groups is 1. The first-order chi connectivity index (χ1) is 8.11. The Bertz CT molecular complexity index is 435. The van der Waals surface area contributed by atoms with Crippen LogP contribution in [0.3, 0.4) is 0 Å². The average molecular weight is 319 g/mol. The molecular formula is C12H13BrClNO2. The van der Waals surface area contributed by atoms with E-state index >= 15 is 0 Å². The van der Waals surface area contributed by atoms with E-state index in [2.05, 4.69) is 21.2 Å². The monoisotopic (exact) mass is 317 g/mol. The van der Waals surface area contributed by atoms with E-state index in [4.69, 9.17) is 16.3 Å². The molecule has 0 amide bonds. The Morgan fingerprint density at radius 2 is 2.29 bits per heavy atom. The van der Waals surface area contributed by atoms with Crippen molar-refractivity contribution in [2.75, 3.05) is 7.11 Å². The summed E-state index contributed by atoms with van der Waals surface area (Å²) in [4.78, 5) is 11.7. The first-order valence-electron chi connectivity index (χ1n) is 5.40. The van der Waals surface area contributed by atoms with Crippen LogP contribution in [0.1, 0.15) is 24.4 Å². The zero-order chi connectivity index (χ0) is 12.4. The third-order valence-corrected chi connectivity index (χ3v) is 3.91. The number of nitrogens with one attached hydrogen (secondary N) is 1. The van der Waals surface area contributed by atoms with Crippen LogP contribution >= 0.6 is 27.5 Å². The molecular weight excluding hydrogens is 305 g/mol. The van der Waals surface area contributed by atoms with Crippen LogP contribution < -0.4 is 5.32 Å². The molecule has 1 aliphatic carbocycles. The van der Waals surface area contributed by atoms with Crippen LogP contribution in [0.25, 0.3) is 0 Å². The lowest BCUT2D eigenvalue weighted by atomic mass is 10.1. The Morgan fingerprint density at radius 1 is 1.59 bits per heavy atom. The summed E-state index contributed by atoms with van der Waals surface area (Å²) in [7, 11) is 1.40. The van der Waals surface area contributed by atoms with Crippen molar-refractivity contribution < 1.29 is 9.53 Å². The molecule has 1 aliphatic rings. The molecule has 1 fully saturated rings. The molecule has 0 radical (unpaired) electrons. The van der Waals surface area contributed by atoms with Crippen LogP contribution in [0.5, 0.6) is 0 Å². The summed E-state index contributed by atoms with van der Waals surface area (Å²) in [5.74, 6) is -0.272. The second kappa shape index (κ2) is 5.38. The Labute approximate surface area is 114 Å². The van der Waals surface area contributed by atoms with Gasteiger partial charge in [-0.1, -0.05) is 17.7 Å². The van der Waals surface area contributed by atoms with Gasteiger partial charge in [-0.15, -0.1) is 0 Å². The molecule has 1 saturated carbocycles. The van der Waals surface area contributed by atoms with Crippen LogP contribution in [0.15, 0.2) is 22.7 Å². The predicted molar refractivity (Wildman–Crippen MR) is 70.1 cm³/mol. The minimum atomic E-state index is -0.416. The topological polar surface area (TPSA) is 38.3 Å². The maximum absolute atomic E-state index is 11.7. The van der Waals surface area contributed by atoms with Crippen molar-refractivity contribution >= 4 is 33.5 Å². The normalized spacial score (nSPS) is 16.6. The van der Waals surface area contributed by atoms with Gasteiger partial charge in [0.15, 0.2) is 0 Å². The second-order valence-corrected chi connectivity index (χ2v) is 5.33. The summed E-state index contributed by atoms with van der Waals surface area (Å²) in [5, 5.41) is 3.89. The number of hydrogen-bond acceptors (Lipinski definition) is 3. The second-order valence-electron chi connectivity index (χ2n) is 4.07. The molecule has 0 bridgehead atoms. The maximum Gasteiger partial charge on any atom is 0.327 e. The highest BCUT2D eigenvalue weighted by atomic mass is 79.9. The fourth-order valence-corrected chi connectivity index (χ4v) is 2.11. The fourth-order valence-electron chi connectivity index (χ4n) is 1.60. The highest BCUT2D eigenvalue weighted by Gasteiger charge is 2.30. The molecule has 2 rings (SSSR count). The number of benzene rings is 1. The van der Waals surface area contributed by atoms with Crippen molar-refractivity contribution in [2.24, 2.45) is 0 Å². The van der Waals surface area contributed by atoms with E-state index in [0.29, 0.717) is 11.1 Å². The lowest BCUT2D eigenvalue weighted by Crippen LogP contribution is -2.31. The van der Waals surface area contributed by atoms with Crippen molar-refractivity contribution in [3.05, 3.63) is 33.3 Å². The van der Waals surface area contributed by atoms with Crippen LogP contribution in [0.2, 0.25) is 5.02 Å². The van der Waals surface area contributed by atoms with Crippen molar-refractivity contribution in [1.29, 1.82) is 0 Å². The number of hydrogen-bond donors (Lipinski definition) is 1. The van der Waals surface area contributed by atoms with Crippen molar-refractivity contribution in [3.8, 4) is 0 Å². The third-order valence-electron chi connectivity index (χ3n) is 2.69. The molecule has 1 aromatic carbocycles. The third kappa shape index (κ3) is 3.21. The Kier molecular flexibility index (Phi) is 4.07. The van der Waals surface area contributed by atoms with Crippen LogP contribution in [0.4, 0.5) is 0 Å². The molecule has 0 aromatic heterocycles. The van der Waals surface area contributed by atoms with E-state index in [0.717, 1.165) is 22.9 Å². The van der Waals surface area contributed by atoms with Crippen LogP contribution in [0, 0.1) is 0 Å². The maximum atomic E-state index is 11.7. The Morgan fingerprint density at radius 3 is 2.82 bits per heavy atom. The van der Waals surface area contributed by atoms with E-state index in [1.165, 1.54) is 7.11 Å². The predicted octanol–water partition coefficient (Wildman–Crippen LogP) is 3.07. The Balaban J connectivity index is 2.23. The van der Waals surface area contributed by atoms with Gasteiger partial charge in [-0.05, 0) is 46.5 Å². The number of halogens is 2. The Hall–Kier alpha value is -0.580. The van der Waals surface area contributed by atoms with Gasteiger partial charge in [0.2, 0.25) is 0 Å². The van der Waals surface area contributed by atoms with Gasteiger partial charge in [0.1, 0.15) is 6.04 Å². The minimum absolute atomic E-state index is 0.272. The lowest BCUT2D eigenvalue weighted by molar-refractivity contribution is -0.143. The zero-order valence-corrected chi connectivity index (χ0v) is 11.7. The fraction of sp³-hybridized carbons (Fsp3) is 0.417. The number of esters is 1. The van der Waals surface area contributed by atoms with Crippen molar-refractivity contribution in [1.82, 2.24) is 5.32 Å². The summed E-state index contributed by atoms with van der Waals surface area (Å²) in [6, 6.07) is 5.46. The molecule has 92 valence electrons. The lowest BCUT2D eigenvalue weighted by Gasteiger charge is -2.17. The first kappa shape index (κ1) is 12.9. The smallest absolute Gasteiger partial charge is 0.327 e. The van der Waals surface area contributed by atoms with Gasteiger partial charge in [0.25, 0.3) is 0 Å². The van der Waals surface area contributed by atoms with Gasteiger partial charge in [-0.2, -0.15) is 0 Å². The summed E-state index contributed by atoms with van der Waals surface area (Å²) >= 11 is 9.29. The quantitative estimate of drug-likeness (QED) is 0.867. The van der Waals surface area contributed by atoms with Crippen molar-refractivity contribution in [3.63, 3.8) is 0 Å². The van der Waals surface area contributed by atoms with E-state index in [9.17, 15) is 4.79 Å². The molecule has 0 heterocycles. The van der Waals surface area contributed by atoms with E-state index in [1.54, 1.807) is 6.07 Å². The molecule has 0 spiro atoms. The zero-order valence-electron chi connectivity index (χ0n) is 9.37. The minimum Gasteiger partial charge on any atom is -0.468 e. The molecule has 1 atom stereocenters. The number of ether oxygens (including phenoxy) is 1. The number of methoxy groups -OCH3 is 1. The van der Waals surface area contributed by atoms with Crippen molar-refractivity contribution in [2.45, 2.75) is 24.9 Å². The van der Waals surface area contributed by atoms with Crippen LogP contribution in [-0.4, -0.2) is 19.1 Å². The van der Waals surface area contributed by atoms with Gasteiger partial charge in [0.05, 0.1) is 12.1 Å². The van der Waals surface area contributed by atoms with E-state index < -0.39 is 6.04 Å². The first-order valence-corrected chi connectivity index (χ1v) is 6.57. The van der Waals surface area contributed by atoms with E-state index in [-0.39, 0.29) is 5.97 Å². The molecule has 0 saturated heterocycles. The summed E-state index contributed by atoms with van der Waals surface area (Å²) in [5.41, 5.74) is 0.861. The molecule has 0 aliphatic heterocycles. The molecule has 1 unspecified atom stereocenters. The molecule has 1 aromatic rings. The molecule has 3 nitrogen and oxygen atoms in total. The average Bonchev–Trinajstić information content (AvgIpc) is 3.13. The molecule has 17 heavy (non-hydrogen) atoms. The van der Waals surface area contributed by atoms with Gasteiger partial charge >= 0.3 is 5.97 Å². The molecule has 5 heteroatoms. The number of carbonyl (C=O) groups excluding carboxylic acids is 1. The SMILES string of the molecule is COC(=O)C(NC1CC1)c1ccc(Cl)c(Br)c1. The largest absolute Gasteiger partial charge is 0.468 e.